The molecule has 186 valence electrons. The van der Waals surface area contributed by atoms with Gasteiger partial charge >= 0.3 is 0 Å². The van der Waals surface area contributed by atoms with Gasteiger partial charge in [0.1, 0.15) is 17.5 Å². The van der Waals surface area contributed by atoms with Crippen LogP contribution in [0, 0.1) is 10.1 Å². The number of rotatable bonds is 6. The van der Waals surface area contributed by atoms with Gasteiger partial charge in [0, 0.05) is 31.1 Å². The molecule has 36 heavy (non-hydrogen) atoms. The normalized spacial score (nSPS) is 19.3. The minimum atomic E-state index is -3.88. The van der Waals surface area contributed by atoms with Crippen LogP contribution < -0.4 is 10.2 Å². The molecule has 3 aromatic carbocycles. The van der Waals surface area contributed by atoms with E-state index in [-0.39, 0.29) is 48.7 Å². The van der Waals surface area contributed by atoms with Crippen molar-refractivity contribution in [1.82, 2.24) is 4.31 Å². The predicted octanol–water partition coefficient (Wildman–Crippen LogP) is 3.96. The number of hydrazone groups is 1. The molecule has 0 saturated carbocycles. The van der Waals surface area contributed by atoms with Crippen LogP contribution >= 0.6 is 0 Å². The summed E-state index contributed by atoms with van der Waals surface area (Å²) in [6.07, 6.45) is 0.184. The molecule has 1 fully saturated rings. The first-order valence-corrected chi connectivity index (χ1v) is 12.9. The maximum Gasteiger partial charge on any atom is 0.295 e. The summed E-state index contributed by atoms with van der Waals surface area (Å²) in [6, 6.07) is 21.0. The van der Waals surface area contributed by atoms with Crippen LogP contribution in [0.25, 0.3) is 0 Å². The highest BCUT2D eigenvalue weighted by Crippen LogP contribution is 2.36. The topological polar surface area (TPSA) is 123 Å². The standard InChI is InChI=1S/C25H24N4O6S/c30-29(31)23-16-19(36(32,33)28-12-14-34-15-13-28)10-11-21(23)26-27-22-17-25(18-6-2-1-3-7-18)35-24-9-5-4-8-20(22)24/h1-11,16,25-26H,12-15,17H2. The second kappa shape index (κ2) is 10.1. The van der Waals surface area contributed by atoms with Crippen molar-refractivity contribution in [3.8, 4) is 5.75 Å². The number of anilines is 1. The molecule has 0 spiro atoms. The number of hydrogen-bond donors (Lipinski definition) is 1. The Balaban J connectivity index is 1.45. The molecule has 1 saturated heterocycles. The fourth-order valence-electron chi connectivity index (χ4n) is 4.23. The van der Waals surface area contributed by atoms with E-state index in [0.717, 1.165) is 17.2 Å². The minimum absolute atomic E-state index is 0.0914. The third-order valence-corrected chi connectivity index (χ3v) is 8.00. The first-order chi connectivity index (χ1) is 17.4. The number of nitrogens with one attached hydrogen (secondary N) is 1. The van der Waals surface area contributed by atoms with Gasteiger partial charge < -0.3 is 9.47 Å². The van der Waals surface area contributed by atoms with Gasteiger partial charge in [-0.3, -0.25) is 15.5 Å². The Kier molecular flexibility index (Phi) is 6.68. The van der Waals surface area contributed by atoms with Gasteiger partial charge in [-0.25, -0.2) is 8.42 Å². The fourth-order valence-corrected chi connectivity index (χ4v) is 5.66. The van der Waals surface area contributed by atoms with E-state index in [1.807, 2.05) is 54.6 Å². The molecular weight excluding hydrogens is 484 g/mol. The number of nitro groups is 1. The fraction of sp³-hybridized carbons (Fsp3) is 0.240. The number of fused-ring (bicyclic) bond motifs is 1. The van der Waals surface area contributed by atoms with Gasteiger partial charge in [-0.05, 0) is 29.8 Å². The van der Waals surface area contributed by atoms with Crippen molar-refractivity contribution in [2.45, 2.75) is 17.4 Å². The van der Waals surface area contributed by atoms with Crippen LogP contribution in [0.15, 0.2) is 82.8 Å². The highest BCUT2D eigenvalue weighted by molar-refractivity contribution is 7.89. The van der Waals surface area contributed by atoms with Crippen molar-refractivity contribution in [3.05, 3.63) is 94.0 Å². The van der Waals surface area contributed by atoms with Crippen molar-refractivity contribution >= 4 is 27.1 Å². The van der Waals surface area contributed by atoms with E-state index < -0.39 is 14.9 Å². The van der Waals surface area contributed by atoms with Gasteiger partial charge in [0.2, 0.25) is 10.0 Å². The minimum Gasteiger partial charge on any atom is -0.485 e. The molecular formula is C25H24N4O6S. The first-order valence-electron chi connectivity index (χ1n) is 11.4. The summed E-state index contributed by atoms with van der Waals surface area (Å²) in [6.45, 7) is 0.975. The second-order valence-electron chi connectivity index (χ2n) is 8.34. The largest absolute Gasteiger partial charge is 0.485 e. The molecule has 2 heterocycles. The molecule has 0 radical (unpaired) electrons. The molecule has 0 aromatic heterocycles. The third kappa shape index (κ3) is 4.81. The maximum atomic E-state index is 13.0. The molecule has 5 rings (SSSR count). The van der Waals surface area contributed by atoms with Crippen molar-refractivity contribution < 1.29 is 22.8 Å². The molecule has 1 atom stereocenters. The molecule has 0 bridgehead atoms. The van der Waals surface area contributed by atoms with Crippen LogP contribution in [-0.2, 0) is 14.8 Å². The lowest BCUT2D eigenvalue weighted by atomic mass is 9.96. The lowest BCUT2D eigenvalue weighted by Crippen LogP contribution is -2.40. The Morgan fingerprint density at radius 3 is 2.47 bits per heavy atom. The predicted molar refractivity (Wildman–Crippen MR) is 134 cm³/mol. The van der Waals surface area contributed by atoms with E-state index in [2.05, 4.69) is 10.5 Å². The summed E-state index contributed by atoms with van der Waals surface area (Å²) >= 11 is 0. The van der Waals surface area contributed by atoms with E-state index in [1.165, 1.54) is 16.4 Å². The van der Waals surface area contributed by atoms with Crippen LogP contribution in [0.2, 0.25) is 0 Å². The number of hydrogen-bond acceptors (Lipinski definition) is 8. The van der Waals surface area contributed by atoms with Gasteiger partial charge in [0.15, 0.2) is 0 Å². The number of sulfonamides is 1. The van der Waals surface area contributed by atoms with Crippen LogP contribution in [0.3, 0.4) is 0 Å². The van der Waals surface area contributed by atoms with Crippen LogP contribution in [0.5, 0.6) is 5.75 Å². The van der Waals surface area contributed by atoms with Gasteiger partial charge in [0.05, 0.1) is 28.7 Å². The third-order valence-electron chi connectivity index (χ3n) is 6.10. The number of benzene rings is 3. The molecule has 3 aromatic rings. The summed E-state index contributed by atoms with van der Waals surface area (Å²) in [5.74, 6) is 0.666. The van der Waals surface area contributed by atoms with Crippen molar-refractivity contribution in [2.75, 3.05) is 31.7 Å². The van der Waals surface area contributed by atoms with Crippen molar-refractivity contribution in [1.29, 1.82) is 0 Å². The highest BCUT2D eigenvalue weighted by Gasteiger charge is 2.30. The number of nitro benzene ring substituents is 1. The van der Waals surface area contributed by atoms with Crippen molar-refractivity contribution in [3.63, 3.8) is 0 Å². The summed E-state index contributed by atoms with van der Waals surface area (Å²) < 4.78 is 38.6. The van der Waals surface area contributed by atoms with Crippen LogP contribution in [0.4, 0.5) is 11.4 Å². The lowest BCUT2D eigenvalue weighted by Gasteiger charge is -2.27. The average Bonchev–Trinajstić information content (AvgIpc) is 2.92. The quantitative estimate of drug-likeness (QED) is 0.395. The highest BCUT2D eigenvalue weighted by atomic mass is 32.2. The van der Waals surface area contributed by atoms with E-state index in [9.17, 15) is 18.5 Å². The van der Waals surface area contributed by atoms with Crippen LogP contribution in [0.1, 0.15) is 23.7 Å². The SMILES string of the molecule is O=[N+]([O-])c1cc(S(=O)(=O)N2CCOCC2)ccc1NN=C1CC(c2ccccc2)Oc2ccccc21. The molecule has 2 aliphatic heterocycles. The summed E-state index contributed by atoms with van der Waals surface area (Å²) in [5.41, 5.74) is 4.95. The van der Waals surface area contributed by atoms with E-state index >= 15 is 0 Å². The smallest absolute Gasteiger partial charge is 0.295 e. The maximum absolute atomic E-state index is 13.0. The van der Waals surface area contributed by atoms with Crippen molar-refractivity contribution in [2.24, 2.45) is 5.10 Å². The molecule has 2 aliphatic rings. The summed E-state index contributed by atoms with van der Waals surface area (Å²) in [7, 11) is -3.88. The molecule has 11 heteroatoms. The first kappa shape index (κ1) is 23.9. The average molecular weight is 509 g/mol. The number of morpholine rings is 1. The van der Waals surface area contributed by atoms with Gasteiger partial charge in [0.25, 0.3) is 5.69 Å². The number of nitrogens with zero attached hydrogens (tertiary/aromatic N) is 3. The van der Waals surface area contributed by atoms with Gasteiger partial charge in [-0.15, -0.1) is 0 Å². The van der Waals surface area contributed by atoms with Gasteiger partial charge in [-0.2, -0.15) is 9.41 Å². The zero-order valence-corrected chi connectivity index (χ0v) is 20.1. The Morgan fingerprint density at radius 1 is 1.00 bits per heavy atom. The summed E-state index contributed by atoms with van der Waals surface area (Å²) in [5, 5.41) is 16.3. The Labute approximate surface area is 208 Å². The molecule has 1 N–H and O–H groups in total. The monoisotopic (exact) mass is 508 g/mol. The zero-order valence-electron chi connectivity index (χ0n) is 19.2. The molecule has 0 amide bonds. The van der Waals surface area contributed by atoms with E-state index in [4.69, 9.17) is 9.47 Å². The Morgan fingerprint density at radius 2 is 1.72 bits per heavy atom. The molecule has 0 aliphatic carbocycles. The zero-order chi connectivity index (χ0) is 25.1. The molecule has 10 nitrogen and oxygen atoms in total. The number of para-hydroxylation sites is 1. The van der Waals surface area contributed by atoms with E-state index in [0.29, 0.717) is 17.9 Å². The summed E-state index contributed by atoms with van der Waals surface area (Å²) in [4.78, 5) is 11.1. The Hall–Kier alpha value is -3.80. The van der Waals surface area contributed by atoms with E-state index in [1.54, 1.807) is 0 Å². The lowest BCUT2D eigenvalue weighted by molar-refractivity contribution is -0.384. The van der Waals surface area contributed by atoms with Gasteiger partial charge in [-0.1, -0.05) is 42.5 Å². The Bertz CT molecular complexity index is 1410. The number of ether oxygens (including phenoxy) is 2. The second-order valence-corrected chi connectivity index (χ2v) is 10.3. The van der Waals surface area contributed by atoms with Crippen LogP contribution in [-0.4, -0.2) is 49.7 Å². The molecule has 1 unspecified atom stereocenters.